The van der Waals surface area contributed by atoms with E-state index in [2.05, 4.69) is 31.2 Å². The highest BCUT2D eigenvalue weighted by Crippen LogP contribution is 2.19. The molecule has 0 saturated heterocycles. The summed E-state index contributed by atoms with van der Waals surface area (Å²) in [5.74, 6) is 0. The maximum atomic E-state index is 11.0. The molecule has 0 fully saturated rings. The van der Waals surface area contributed by atoms with E-state index in [1.54, 1.807) is 11.3 Å². The van der Waals surface area contributed by atoms with Gasteiger partial charge in [0.1, 0.15) is 0 Å². The minimum Gasteiger partial charge on any atom is -0.298 e. The third-order valence-corrected chi connectivity index (χ3v) is 3.53. The fraction of sp³-hybridized carbons (Fsp3) is 0.133. The van der Waals surface area contributed by atoms with Crippen LogP contribution in [0.25, 0.3) is 5.57 Å². The van der Waals surface area contributed by atoms with E-state index in [1.165, 1.54) is 11.1 Å². The van der Waals surface area contributed by atoms with Crippen LogP contribution in [0.5, 0.6) is 0 Å². The predicted octanol–water partition coefficient (Wildman–Crippen LogP) is 3.88. The van der Waals surface area contributed by atoms with Crippen molar-refractivity contribution in [2.24, 2.45) is 0 Å². The lowest BCUT2D eigenvalue weighted by molar-refractivity contribution is -0.103. The Morgan fingerprint density at radius 3 is 2.59 bits per heavy atom. The van der Waals surface area contributed by atoms with E-state index in [0.29, 0.717) is 0 Å². The summed E-state index contributed by atoms with van der Waals surface area (Å²) in [5, 5.41) is 1.98. The number of rotatable bonds is 4. The van der Waals surface area contributed by atoms with E-state index < -0.39 is 0 Å². The van der Waals surface area contributed by atoms with Crippen LogP contribution in [-0.4, -0.2) is 6.29 Å². The van der Waals surface area contributed by atoms with Crippen molar-refractivity contribution in [3.8, 4) is 0 Å². The Bertz CT molecular complexity index is 506. The first-order valence-electron chi connectivity index (χ1n) is 5.54. The summed E-state index contributed by atoms with van der Waals surface area (Å²) < 4.78 is 0. The molecule has 0 radical (unpaired) electrons. The van der Waals surface area contributed by atoms with Crippen LogP contribution in [0.4, 0.5) is 0 Å². The lowest BCUT2D eigenvalue weighted by Crippen LogP contribution is -1.86. The van der Waals surface area contributed by atoms with Gasteiger partial charge in [0, 0.05) is 10.5 Å². The summed E-state index contributed by atoms with van der Waals surface area (Å²) in [5.41, 5.74) is 3.26. The standard InChI is InChI=1S/C15H14OS/c1-12-4-6-13(7-5-12)8-9-14(11-16)15-3-2-10-17-15/h2-7,9-11H,8H2,1H3. The van der Waals surface area contributed by atoms with Crippen molar-refractivity contribution in [3.63, 3.8) is 0 Å². The van der Waals surface area contributed by atoms with Gasteiger partial charge in [0.15, 0.2) is 6.29 Å². The van der Waals surface area contributed by atoms with Gasteiger partial charge in [0.25, 0.3) is 0 Å². The number of carbonyl (C=O) groups is 1. The average molecular weight is 242 g/mol. The number of hydrogen-bond acceptors (Lipinski definition) is 2. The lowest BCUT2D eigenvalue weighted by Gasteiger charge is -1.99. The zero-order valence-electron chi connectivity index (χ0n) is 9.72. The van der Waals surface area contributed by atoms with Gasteiger partial charge >= 0.3 is 0 Å². The van der Waals surface area contributed by atoms with Gasteiger partial charge < -0.3 is 0 Å². The molecule has 0 bridgehead atoms. The zero-order chi connectivity index (χ0) is 12.1. The summed E-state index contributed by atoms with van der Waals surface area (Å²) in [7, 11) is 0. The normalized spacial score (nSPS) is 11.5. The first-order valence-corrected chi connectivity index (χ1v) is 6.42. The summed E-state index contributed by atoms with van der Waals surface area (Å²) in [6, 6.07) is 12.3. The molecule has 1 aromatic carbocycles. The topological polar surface area (TPSA) is 17.1 Å². The van der Waals surface area contributed by atoms with Gasteiger partial charge in [-0.3, -0.25) is 4.79 Å². The molecule has 2 rings (SSSR count). The van der Waals surface area contributed by atoms with Crippen LogP contribution in [-0.2, 0) is 11.2 Å². The molecule has 17 heavy (non-hydrogen) atoms. The van der Waals surface area contributed by atoms with Crippen molar-refractivity contribution in [1.29, 1.82) is 0 Å². The van der Waals surface area contributed by atoms with Crippen LogP contribution in [0.1, 0.15) is 16.0 Å². The van der Waals surface area contributed by atoms with Gasteiger partial charge in [-0.1, -0.05) is 42.0 Å². The maximum Gasteiger partial charge on any atom is 0.151 e. The number of aryl methyl sites for hydroxylation is 1. The molecule has 86 valence electrons. The number of hydrogen-bond donors (Lipinski definition) is 0. The molecule has 0 N–H and O–H groups in total. The molecule has 0 spiro atoms. The van der Waals surface area contributed by atoms with Crippen LogP contribution < -0.4 is 0 Å². The highest BCUT2D eigenvalue weighted by Gasteiger charge is 2.00. The summed E-state index contributed by atoms with van der Waals surface area (Å²) in [6.07, 6.45) is 3.72. The van der Waals surface area contributed by atoms with E-state index >= 15 is 0 Å². The number of allylic oxidation sites excluding steroid dienone is 2. The monoisotopic (exact) mass is 242 g/mol. The fourth-order valence-electron chi connectivity index (χ4n) is 1.60. The second kappa shape index (κ2) is 5.60. The van der Waals surface area contributed by atoms with Gasteiger partial charge in [0.05, 0.1) is 0 Å². The molecule has 0 aliphatic carbocycles. The van der Waals surface area contributed by atoms with Gasteiger partial charge in [0.2, 0.25) is 0 Å². The molecular formula is C15H14OS. The predicted molar refractivity (Wildman–Crippen MR) is 73.2 cm³/mol. The van der Waals surface area contributed by atoms with Crippen LogP contribution in [0.15, 0.2) is 47.9 Å². The molecule has 1 aromatic heterocycles. The molecule has 1 heterocycles. The Morgan fingerprint density at radius 1 is 1.24 bits per heavy atom. The van der Waals surface area contributed by atoms with Crippen molar-refractivity contribution in [2.45, 2.75) is 13.3 Å². The second-order valence-electron chi connectivity index (χ2n) is 3.94. The Labute approximate surface area is 105 Å². The van der Waals surface area contributed by atoms with E-state index in [4.69, 9.17) is 0 Å². The minimum absolute atomic E-state index is 0.778. The van der Waals surface area contributed by atoms with E-state index in [1.807, 2.05) is 23.6 Å². The molecule has 0 unspecified atom stereocenters. The van der Waals surface area contributed by atoms with Gasteiger partial charge in [-0.15, -0.1) is 11.3 Å². The maximum absolute atomic E-state index is 11.0. The summed E-state index contributed by atoms with van der Waals surface area (Å²) in [4.78, 5) is 12.1. The largest absolute Gasteiger partial charge is 0.298 e. The Balaban J connectivity index is 2.13. The van der Waals surface area contributed by atoms with Crippen LogP contribution >= 0.6 is 11.3 Å². The van der Waals surface area contributed by atoms with Crippen molar-refractivity contribution in [1.82, 2.24) is 0 Å². The lowest BCUT2D eigenvalue weighted by atomic mass is 10.1. The number of benzene rings is 1. The minimum atomic E-state index is 0.778. The van der Waals surface area contributed by atoms with Crippen molar-refractivity contribution >= 4 is 23.2 Å². The first-order chi connectivity index (χ1) is 8.29. The highest BCUT2D eigenvalue weighted by atomic mass is 32.1. The number of aldehydes is 1. The molecule has 2 heteroatoms. The van der Waals surface area contributed by atoms with Crippen LogP contribution in [0.3, 0.4) is 0 Å². The number of carbonyl (C=O) groups excluding carboxylic acids is 1. The summed E-state index contributed by atoms with van der Waals surface area (Å²) >= 11 is 1.59. The molecule has 0 aliphatic heterocycles. The first kappa shape index (κ1) is 11.8. The van der Waals surface area contributed by atoms with Crippen molar-refractivity contribution in [3.05, 3.63) is 63.9 Å². The summed E-state index contributed by atoms with van der Waals surface area (Å²) in [6.45, 7) is 2.07. The molecular weight excluding hydrogens is 228 g/mol. The SMILES string of the molecule is Cc1ccc(CC=C(C=O)c2cccs2)cc1. The molecule has 0 saturated carbocycles. The highest BCUT2D eigenvalue weighted by molar-refractivity contribution is 7.11. The quantitative estimate of drug-likeness (QED) is 0.587. The Kier molecular flexibility index (Phi) is 3.89. The molecule has 1 nitrogen and oxygen atoms in total. The average Bonchev–Trinajstić information content (AvgIpc) is 2.86. The van der Waals surface area contributed by atoms with E-state index in [-0.39, 0.29) is 0 Å². The molecule has 0 aliphatic rings. The van der Waals surface area contributed by atoms with Gasteiger partial charge in [-0.2, -0.15) is 0 Å². The van der Waals surface area contributed by atoms with Crippen molar-refractivity contribution in [2.75, 3.05) is 0 Å². The second-order valence-corrected chi connectivity index (χ2v) is 4.89. The molecule has 2 aromatic rings. The van der Waals surface area contributed by atoms with Crippen LogP contribution in [0, 0.1) is 6.92 Å². The van der Waals surface area contributed by atoms with Gasteiger partial charge in [-0.25, -0.2) is 0 Å². The fourth-order valence-corrected chi connectivity index (χ4v) is 2.33. The van der Waals surface area contributed by atoms with E-state index in [0.717, 1.165) is 23.2 Å². The van der Waals surface area contributed by atoms with Crippen LogP contribution in [0.2, 0.25) is 0 Å². The van der Waals surface area contributed by atoms with Crippen molar-refractivity contribution < 1.29 is 4.79 Å². The zero-order valence-corrected chi connectivity index (χ0v) is 10.5. The molecule has 0 atom stereocenters. The third-order valence-electron chi connectivity index (χ3n) is 2.61. The smallest absolute Gasteiger partial charge is 0.151 e. The molecule has 0 amide bonds. The Hall–Kier alpha value is -1.67. The van der Waals surface area contributed by atoms with E-state index in [9.17, 15) is 4.79 Å². The van der Waals surface area contributed by atoms with Gasteiger partial charge in [-0.05, 0) is 30.4 Å². The number of thiophene rings is 1. The Morgan fingerprint density at radius 2 is 2.00 bits per heavy atom. The third kappa shape index (κ3) is 3.14.